The lowest BCUT2D eigenvalue weighted by Crippen LogP contribution is -2.31. The lowest BCUT2D eigenvalue weighted by atomic mass is 10.2. The fourth-order valence-electron chi connectivity index (χ4n) is 2.03. The van der Waals surface area contributed by atoms with Crippen molar-refractivity contribution in [1.29, 1.82) is 0 Å². The molecule has 0 amide bonds. The smallest absolute Gasteiger partial charge is 0.136 e. The Bertz CT molecular complexity index is 116. The van der Waals surface area contributed by atoms with E-state index >= 15 is 0 Å². The molecule has 1 saturated heterocycles. The molecule has 0 radical (unpaired) electrons. The minimum atomic E-state index is 0.866. The Morgan fingerprint density at radius 3 is 2.10 bits per heavy atom. The molecule has 1 fully saturated rings. The van der Waals surface area contributed by atoms with Crippen molar-refractivity contribution >= 4 is 0 Å². The van der Waals surface area contributed by atoms with Gasteiger partial charge in [-0.15, -0.1) is 0 Å². The molecule has 1 nitrogen and oxygen atoms in total. The zero-order chi connectivity index (χ0) is 7.78. The van der Waals surface area contributed by atoms with E-state index in [1.807, 2.05) is 0 Å². The maximum atomic E-state index is 2.37. The molecule has 0 aromatic carbocycles. The second kappa shape index (κ2) is 2.54. The van der Waals surface area contributed by atoms with Crippen LogP contribution in [0.4, 0.5) is 0 Å². The quantitative estimate of drug-likeness (QED) is 0.417. The number of quaternary nitrogens is 1. The van der Waals surface area contributed by atoms with Gasteiger partial charge in [-0.25, -0.2) is 0 Å². The van der Waals surface area contributed by atoms with E-state index in [9.17, 15) is 0 Å². The normalized spacial score (nSPS) is 38.7. The van der Waals surface area contributed by atoms with Gasteiger partial charge in [-0.2, -0.15) is 0 Å². The molecule has 1 aliphatic heterocycles. The maximum absolute atomic E-state index is 2.37. The van der Waals surface area contributed by atoms with Gasteiger partial charge in [-0.05, 0) is 13.8 Å². The lowest BCUT2D eigenvalue weighted by molar-refractivity contribution is -0.814. The van der Waals surface area contributed by atoms with Gasteiger partial charge in [-0.1, -0.05) is 13.8 Å². The van der Waals surface area contributed by atoms with Gasteiger partial charge in [0.25, 0.3) is 0 Å². The van der Waals surface area contributed by atoms with Crippen molar-refractivity contribution in [2.24, 2.45) is 5.92 Å². The largest absolute Gasteiger partial charge is 0.312 e. The SMILES string of the molecule is CC[N+]1(CC(C)C)CC1C. The molecule has 1 aliphatic rings. The molecule has 2 unspecified atom stereocenters. The number of nitrogens with zero attached hydrogens (tertiary/aromatic N) is 1. The Morgan fingerprint density at radius 2 is 2.00 bits per heavy atom. The van der Waals surface area contributed by atoms with Crippen LogP contribution in [-0.2, 0) is 0 Å². The summed E-state index contributed by atoms with van der Waals surface area (Å²) < 4.78 is 1.39. The van der Waals surface area contributed by atoms with Crippen LogP contribution in [0.25, 0.3) is 0 Å². The van der Waals surface area contributed by atoms with Crippen molar-refractivity contribution in [2.45, 2.75) is 33.7 Å². The molecule has 1 heteroatoms. The Hall–Kier alpha value is -0.0400. The van der Waals surface area contributed by atoms with Crippen molar-refractivity contribution in [3.8, 4) is 0 Å². The average molecular weight is 142 g/mol. The highest BCUT2D eigenvalue weighted by atomic mass is 15.5. The monoisotopic (exact) mass is 142 g/mol. The van der Waals surface area contributed by atoms with E-state index in [0.717, 1.165) is 12.0 Å². The summed E-state index contributed by atoms with van der Waals surface area (Å²) in [6, 6.07) is 0.951. The first-order chi connectivity index (χ1) is 4.60. The van der Waals surface area contributed by atoms with Crippen LogP contribution in [0.3, 0.4) is 0 Å². The van der Waals surface area contributed by atoms with Crippen LogP contribution in [0.1, 0.15) is 27.7 Å². The first kappa shape index (κ1) is 8.06. The zero-order valence-corrected chi connectivity index (χ0v) is 7.72. The number of rotatable bonds is 3. The fraction of sp³-hybridized carbons (Fsp3) is 1.00. The molecule has 10 heavy (non-hydrogen) atoms. The first-order valence-electron chi connectivity index (χ1n) is 4.46. The number of hydrogen-bond donors (Lipinski definition) is 0. The van der Waals surface area contributed by atoms with E-state index in [1.165, 1.54) is 24.1 Å². The zero-order valence-electron chi connectivity index (χ0n) is 7.72. The van der Waals surface area contributed by atoms with Crippen LogP contribution < -0.4 is 0 Å². The molecule has 1 rings (SSSR count). The van der Waals surface area contributed by atoms with Gasteiger partial charge < -0.3 is 4.48 Å². The van der Waals surface area contributed by atoms with Crippen LogP contribution in [0.2, 0.25) is 0 Å². The molecule has 60 valence electrons. The molecular formula is C9H20N+. The van der Waals surface area contributed by atoms with Gasteiger partial charge in [0.1, 0.15) is 12.6 Å². The Balaban J connectivity index is 2.37. The molecule has 0 N–H and O–H groups in total. The highest BCUT2D eigenvalue weighted by Crippen LogP contribution is 2.31. The topological polar surface area (TPSA) is 0 Å². The molecule has 0 saturated carbocycles. The van der Waals surface area contributed by atoms with Gasteiger partial charge >= 0.3 is 0 Å². The van der Waals surface area contributed by atoms with Crippen LogP contribution in [0.5, 0.6) is 0 Å². The van der Waals surface area contributed by atoms with E-state index in [1.54, 1.807) is 0 Å². The molecule has 2 atom stereocenters. The molecule has 1 heterocycles. The van der Waals surface area contributed by atoms with Crippen molar-refractivity contribution in [1.82, 2.24) is 0 Å². The van der Waals surface area contributed by atoms with Gasteiger partial charge in [0.05, 0.1) is 13.1 Å². The summed E-state index contributed by atoms with van der Waals surface area (Å²) in [5, 5.41) is 0. The molecule has 0 aromatic heterocycles. The second-order valence-electron chi connectivity index (χ2n) is 4.14. The highest BCUT2D eigenvalue weighted by Gasteiger charge is 2.49. The maximum Gasteiger partial charge on any atom is 0.136 e. The molecular weight excluding hydrogens is 122 g/mol. The standard InChI is InChI=1S/C9H20N/c1-5-10(6-8(2)3)7-9(10)4/h8-9H,5-7H2,1-4H3/q+1. The van der Waals surface area contributed by atoms with Gasteiger partial charge in [-0.3, -0.25) is 0 Å². The lowest BCUT2D eigenvalue weighted by Gasteiger charge is -2.19. The predicted octanol–water partition coefficient (Wildman–Crippen LogP) is 1.88. The van der Waals surface area contributed by atoms with Crippen molar-refractivity contribution < 1.29 is 4.48 Å². The Morgan fingerprint density at radius 1 is 1.50 bits per heavy atom. The summed E-state index contributed by atoms with van der Waals surface area (Å²) >= 11 is 0. The number of likely N-dealkylation sites (N-methyl/N-ethyl adjacent to an activating group) is 1. The van der Waals surface area contributed by atoms with E-state index in [2.05, 4.69) is 27.7 Å². The average Bonchev–Trinajstić information content (AvgIpc) is 2.42. The van der Waals surface area contributed by atoms with E-state index < -0.39 is 0 Å². The third-order valence-electron chi connectivity index (χ3n) is 2.79. The Kier molecular flexibility index (Phi) is 2.04. The molecule has 0 aliphatic carbocycles. The van der Waals surface area contributed by atoms with E-state index in [-0.39, 0.29) is 0 Å². The highest BCUT2D eigenvalue weighted by molar-refractivity contribution is 4.69. The second-order valence-corrected chi connectivity index (χ2v) is 4.14. The third-order valence-corrected chi connectivity index (χ3v) is 2.79. The third kappa shape index (κ3) is 1.34. The van der Waals surface area contributed by atoms with Crippen LogP contribution in [0, 0.1) is 5.92 Å². The molecule has 0 spiro atoms. The van der Waals surface area contributed by atoms with Crippen molar-refractivity contribution in [3.05, 3.63) is 0 Å². The summed E-state index contributed by atoms with van der Waals surface area (Å²) in [4.78, 5) is 0. The van der Waals surface area contributed by atoms with E-state index in [4.69, 9.17) is 0 Å². The Labute approximate surface area is 64.6 Å². The first-order valence-corrected chi connectivity index (χ1v) is 4.46. The molecule has 0 aromatic rings. The summed E-state index contributed by atoms with van der Waals surface area (Å²) in [7, 11) is 0. The van der Waals surface area contributed by atoms with Gasteiger partial charge in [0.15, 0.2) is 0 Å². The van der Waals surface area contributed by atoms with Crippen molar-refractivity contribution in [3.63, 3.8) is 0 Å². The van der Waals surface area contributed by atoms with Crippen LogP contribution >= 0.6 is 0 Å². The number of hydrogen-bond acceptors (Lipinski definition) is 0. The fourth-order valence-corrected chi connectivity index (χ4v) is 2.03. The summed E-state index contributed by atoms with van der Waals surface area (Å²) in [6.45, 7) is 13.5. The van der Waals surface area contributed by atoms with Gasteiger partial charge in [0, 0.05) is 5.92 Å². The van der Waals surface area contributed by atoms with Gasteiger partial charge in [0.2, 0.25) is 0 Å². The molecule has 0 bridgehead atoms. The summed E-state index contributed by atoms with van der Waals surface area (Å²) in [5.74, 6) is 0.866. The van der Waals surface area contributed by atoms with Crippen LogP contribution in [0.15, 0.2) is 0 Å². The summed E-state index contributed by atoms with van der Waals surface area (Å²) in [5.41, 5.74) is 0. The minimum absolute atomic E-state index is 0.866. The van der Waals surface area contributed by atoms with Crippen molar-refractivity contribution in [2.75, 3.05) is 19.6 Å². The van der Waals surface area contributed by atoms with Crippen LogP contribution in [-0.4, -0.2) is 30.2 Å². The summed E-state index contributed by atoms with van der Waals surface area (Å²) in [6.07, 6.45) is 0. The predicted molar refractivity (Wildman–Crippen MR) is 44.8 cm³/mol. The minimum Gasteiger partial charge on any atom is -0.312 e. The van der Waals surface area contributed by atoms with E-state index in [0.29, 0.717) is 0 Å².